The summed E-state index contributed by atoms with van der Waals surface area (Å²) in [6.07, 6.45) is 2.84. The summed E-state index contributed by atoms with van der Waals surface area (Å²) in [5, 5.41) is 22.8. The van der Waals surface area contributed by atoms with Crippen molar-refractivity contribution >= 4 is 11.5 Å². The number of hydrogen-bond acceptors (Lipinski definition) is 6. The first-order valence-corrected chi connectivity index (χ1v) is 10.1. The standard InChI is InChI=1S/C22H35N3O3/c1-6-8-9-15(7-2)21(27)17-10-11-19(18(12-23)20(17)24)28-14-16(26)13-25-22(3,4)5/h10-11,15-16,25-26H,6-9,13-14,24H2,1-5H3. The summed E-state index contributed by atoms with van der Waals surface area (Å²) in [6.45, 7) is 10.5. The molecule has 0 spiro atoms. The lowest BCUT2D eigenvalue weighted by molar-refractivity contribution is 0.0908. The number of hydrogen-bond donors (Lipinski definition) is 3. The number of anilines is 1. The number of nitrogens with zero attached hydrogens (tertiary/aromatic N) is 1. The van der Waals surface area contributed by atoms with Crippen LogP contribution in [0.2, 0.25) is 0 Å². The molecule has 0 amide bonds. The van der Waals surface area contributed by atoms with Gasteiger partial charge in [0.15, 0.2) is 5.78 Å². The van der Waals surface area contributed by atoms with E-state index < -0.39 is 6.10 Å². The number of nitrogens with two attached hydrogens (primary N) is 1. The molecule has 1 aromatic rings. The summed E-state index contributed by atoms with van der Waals surface area (Å²) in [5.74, 6) is 0.171. The summed E-state index contributed by atoms with van der Waals surface area (Å²) < 4.78 is 5.62. The maximum absolute atomic E-state index is 12.8. The maximum Gasteiger partial charge on any atom is 0.168 e. The van der Waals surface area contributed by atoms with Crippen molar-refractivity contribution in [2.75, 3.05) is 18.9 Å². The normalized spacial score (nSPS) is 13.6. The average Bonchev–Trinajstić information content (AvgIpc) is 2.64. The van der Waals surface area contributed by atoms with Crippen molar-refractivity contribution in [2.45, 2.75) is 71.9 Å². The number of β-amino-alcohol motifs (C(OH)–C–C–N with tert-alkyl or cyclic N) is 1. The fourth-order valence-electron chi connectivity index (χ4n) is 2.91. The molecule has 2 atom stereocenters. The number of unbranched alkanes of at least 4 members (excludes halogenated alkanes) is 1. The molecule has 0 aliphatic heterocycles. The summed E-state index contributed by atoms with van der Waals surface area (Å²) >= 11 is 0. The summed E-state index contributed by atoms with van der Waals surface area (Å²) in [4.78, 5) is 12.8. The van der Waals surface area contributed by atoms with E-state index in [4.69, 9.17) is 10.5 Å². The lowest BCUT2D eigenvalue weighted by Crippen LogP contribution is -2.42. The molecular formula is C22H35N3O3. The number of Topliss-reactive ketones (excluding diaryl/α,β-unsaturated/α-hetero) is 1. The Balaban J connectivity index is 2.91. The zero-order chi connectivity index (χ0) is 21.3. The van der Waals surface area contributed by atoms with Gasteiger partial charge in [-0.05, 0) is 45.7 Å². The van der Waals surface area contributed by atoms with E-state index in [1.54, 1.807) is 12.1 Å². The van der Waals surface area contributed by atoms with Crippen LogP contribution in [0, 0.1) is 17.2 Å². The fraction of sp³-hybridized carbons (Fsp3) is 0.636. The molecule has 156 valence electrons. The third kappa shape index (κ3) is 7.14. The number of ether oxygens (including phenoxy) is 1. The second-order valence-electron chi connectivity index (χ2n) is 8.22. The number of aliphatic hydroxyl groups is 1. The van der Waals surface area contributed by atoms with Gasteiger partial charge in [-0.2, -0.15) is 5.26 Å². The number of ketones is 1. The Morgan fingerprint density at radius 3 is 2.57 bits per heavy atom. The molecule has 6 heteroatoms. The summed E-state index contributed by atoms with van der Waals surface area (Å²) in [5.41, 5.74) is 6.71. The minimum Gasteiger partial charge on any atom is -0.489 e. The topological polar surface area (TPSA) is 108 Å². The molecule has 0 aliphatic carbocycles. The van der Waals surface area contributed by atoms with Crippen molar-refractivity contribution < 1.29 is 14.6 Å². The predicted octanol–water partition coefficient (Wildman–Crippen LogP) is 3.67. The number of carbonyl (C=O) groups is 1. The van der Waals surface area contributed by atoms with Gasteiger partial charge in [0.1, 0.15) is 30.1 Å². The van der Waals surface area contributed by atoms with Crippen molar-refractivity contribution in [2.24, 2.45) is 5.92 Å². The Bertz CT molecular complexity index is 689. The molecule has 0 saturated heterocycles. The second-order valence-corrected chi connectivity index (χ2v) is 8.22. The quantitative estimate of drug-likeness (QED) is 0.394. The number of benzene rings is 1. The van der Waals surface area contributed by atoms with Crippen LogP contribution >= 0.6 is 0 Å². The molecule has 1 aromatic carbocycles. The Hall–Kier alpha value is -2.10. The Labute approximate surface area is 169 Å². The van der Waals surface area contributed by atoms with Crippen LogP contribution in [-0.2, 0) is 0 Å². The van der Waals surface area contributed by atoms with Crippen LogP contribution in [-0.4, -0.2) is 35.7 Å². The first-order valence-electron chi connectivity index (χ1n) is 10.1. The van der Waals surface area contributed by atoms with Gasteiger partial charge in [0.2, 0.25) is 0 Å². The molecule has 0 radical (unpaired) electrons. The second kappa shape index (κ2) is 11.0. The van der Waals surface area contributed by atoms with Gasteiger partial charge < -0.3 is 20.9 Å². The molecule has 4 N–H and O–H groups in total. The molecule has 6 nitrogen and oxygen atoms in total. The van der Waals surface area contributed by atoms with Gasteiger partial charge in [-0.1, -0.05) is 26.7 Å². The minimum atomic E-state index is -0.730. The van der Waals surface area contributed by atoms with E-state index >= 15 is 0 Å². The number of nitrogen functional groups attached to an aromatic ring is 1. The van der Waals surface area contributed by atoms with Gasteiger partial charge in [-0.3, -0.25) is 4.79 Å². The van der Waals surface area contributed by atoms with E-state index in [0.29, 0.717) is 12.1 Å². The SMILES string of the molecule is CCCCC(CC)C(=O)c1ccc(OCC(O)CNC(C)(C)C)c(C#N)c1N. The van der Waals surface area contributed by atoms with Gasteiger partial charge in [0.05, 0.1) is 5.69 Å². The Morgan fingerprint density at radius 2 is 2.04 bits per heavy atom. The van der Waals surface area contributed by atoms with Crippen molar-refractivity contribution in [1.29, 1.82) is 5.26 Å². The lowest BCUT2D eigenvalue weighted by atomic mass is 9.89. The summed E-state index contributed by atoms with van der Waals surface area (Å²) in [6, 6.07) is 5.26. The molecule has 0 aliphatic rings. The molecule has 0 saturated carbocycles. The Morgan fingerprint density at radius 1 is 1.36 bits per heavy atom. The molecule has 28 heavy (non-hydrogen) atoms. The molecule has 2 unspecified atom stereocenters. The van der Waals surface area contributed by atoms with E-state index in [2.05, 4.69) is 12.2 Å². The van der Waals surface area contributed by atoms with Crippen LogP contribution in [0.5, 0.6) is 5.75 Å². The van der Waals surface area contributed by atoms with E-state index in [9.17, 15) is 15.2 Å². The number of nitriles is 1. The molecule has 0 fully saturated rings. The van der Waals surface area contributed by atoms with Crippen LogP contribution in [0.1, 0.15) is 76.2 Å². The zero-order valence-corrected chi connectivity index (χ0v) is 17.8. The Kier molecular flexibility index (Phi) is 9.44. The number of rotatable bonds is 11. The van der Waals surface area contributed by atoms with Gasteiger partial charge in [-0.25, -0.2) is 0 Å². The summed E-state index contributed by atoms with van der Waals surface area (Å²) in [7, 11) is 0. The highest BCUT2D eigenvalue weighted by Gasteiger charge is 2.23. The first kappa shape index (κ1) is 23.9. The van der Waals surface area contributed by atoms with Gasteiger partial charge in [0.25, 0.3) is 0 Å². The molecule has 0 bridgehead atoms. The van der Waals surface area contributed by atoms with Crippen LogP contribution in [0.15, 0.2) is 12.1 Å². The van der Waals surface area contributed by atoms with E-state index in [1.165, 1.54) is 0 Å². The lowest BCUT2D eigenvalue weighted by Gasteiger charge is -2.23. The van der Waals surface area contributed by atoms with E-state index in [1.807, 2.05) is 33.8 Å². The smallest absolute Gasteiger partial charge is 0.168 e. The van der Waals surface area contributed by atoms with Gasteiger partial charge in [0, 0.05) is 23.6 Å². The average molecular weight is 390 g/mol. The zero-order valence-electron chi connectivity index (χ0n) is 17.8. The van der Waals surface area contributed by atoms with Crippen LogP contribution in [0.4, 0.5) is 5.69 Å². The van der Waals surface area contributed by atoms with Crippen LogP contribution < -0.4 is 15.8 Å². The van der Waals surface area contributed by atoms with Crippen LogP contribution in [0.3, 0.4) is 0 Å². The molecule has 0 heterocycles. The number of nitrogens with one attached hydrogen (secondary N) is 1. The number of aliphatic hydroxyl groups excluding tert-OH is 1. The molecular weight excluding hydrogens is 354 g/mol. The highest BCUT2D eigenvalue weighted by atomic mass is 16.5. The van der Waals surface area contributed by atoms with Crippen molar-refractivity contribution in [3.63, 3.8) is 0 Å². The fourth-order valence-corrected chi connectivity index (χ4v) is 2.91. The molecule has 0 aromatic heterocycles. The maximum atomic E-state index is 12.8. The van der Waals surface area contributed by atoms with Gasteiger partial charge in [-0.15, -0.1) is 0 Å². The monoisotopic (exact) mass is 389 g/mol. The molecule has 1 rings (SSSR count). The van der Waals surface area contributed by atoms with Crippen LogP contribution in [0.25, 0.3) is 0 Å². The largest absolute Gasteiger partial charge is 0.489 e. The van der Waals surface area contributed by atoms with E-state index in [0.717, 1.165) is 25.7 Å². The van der Waals surface area contributed by atoms with Gasteiger partial charge >= 0.3 is 0 Å². The highest BCUT2D eigenvalue weighted by Crippen LogP contribution is 2.30. The predicted molar refractivity (Wildman–Crippen MR) is 112 cm³/mol. The third-order valence-electron chi connectivity index (χ3n) is 4.65. The third-order valence-corrected chi connectivity index (χ3v) is 4.65. The van der Waals surface area contributed by atoms with Crippen molar-refractivity contribution in [3.05, 3.63) is 23.3 Å². The van der Waals surface area contributed by atoms with Crippen molar-refractivity contribution in [1.82, 2.24) is 5.32 Å². The minimum absolute atomic E-state index is 0.0223. The van der Waals surface area contributed by atoms with E-state index in [-0.39, 0.29) is 40.8 Å². The van der Waals surface area contributed by atoms with Crippen molar-refractivity contribution in [3.8, 4) is 11.8 Å². The number of carbonyl (C=O) groups excluding carboxylic acids is 1. The first-order chi connectivity index (χ1) is 13.1. The highest BCUT2D eigenvalue weighted by molar-refractivity contribution is 6.03.